The Hall–Kier alpha value is -5.02. The van der Waals surface area contributed by atoms with Crippen molar-refractivity contribution in [3.8, 4) is 11.3 Å². The average Bonchev–Trinajstić information content (AvgIpc) is 3.75. The number of halogens is 3. The topological polar surface area (TPSA) is 137 Å². The van der Waals surface area contributed by atoms with Gasteiger partial charge in [0.15, 0.2) is 0 Å². The molecule has 5 heterocycles. The monoisotopic (exact) mass is 678 g/mol. The Labute approximate surface area is 278 Å². The van der Waals surface area contributed by atoms with Gasteiger partial charge in [0, 0.05) is 74.5 Å². The molecule has 12 nitrogen and oxygen atoms in total. The first kappa shape index (κ1) is 32.5. The molecule has 4 amide bonds. The molecule has 0 aliphatic carbocycles. The van der Waals surface area contributed by atoms with Crippen LogP contribution in [0.3, 0.4) is 0 Å². The smallest absolute Gasteiger partial charge is 0.409 e. The number of fused-ring (bicyclic) bond motifs is 1. The van der Waals surface area contributed by atoms with Gasteiger partial charge in [-0.2, -0.15) is 0 Å². The zero-order valence-corrected chi connectivity index (χ0v) is 26.1. The third-order valence-electron chi connectivity index (χ3n) is 9.62. The largest absolute Gasteiger partial charge is 0.448 e. The minimum atomic E-state index is -1.54. The number of aliphatic hydroxyl groups is 1. The van der Waals surface area contributed by atoms with Gasteiger partial charge < -0.3 is 29.5 Å². The van der Waals surface area contributed by atoms with Crippen LogP contribution in [0.1, 0.15) is 17.4 Å². The zero-order valence-electron chi connectivity index (χ0n) is 26.1. The highest BCUT2D eigenvalue weighted by atomic mass is 19.1. The van der Waals surface area contributed by atoms with Crippen LogP contribution in [-0.2, 0) is 25.7 Å². The van der Waals surface area contributed by atoms with Gasteiger partial charge >= 0.3 is 6.09 Å². The van der Waals surface area contributed by atoms with Crippen molar-refractivity contribution in [2.45, 2.75) is 30.9 Å². The quantitative estimate of drug-likeness (QED) is 0.329. The predicted octanol–water partition coefficient (Wildman–Crippen LogP) is 2.04. The number of rotatable bonds is 9. The van der Waals surface area contributed by atoms with E-state index in [9.17, 15) is 28.7 Å². The van der Waals surface area contributed by atoms with Crippen molar-refractivity contribution in [1.82, 2.24) is 29.6 Å². The van der Waals surface area contributed by atoms with Crippen LogP contribution in [0.25, 0.3) is 11.3 Å². The molecule has 7 rings (SSSR count). The van der Waals surface area contributed by atoms with Crippen LogP contribution in [0.5, 0.6) is 0 Å². The number of carbonyl (C=O) groups is 4. The first-order valence-electron chi connectivity index (χ1n) is 16.0. The van der Waals surface area contributed by atoms with Crippen molar-refractivity contribution in [1.29, 1.82) is 0 Å². The molecule has 0 bridgehead atoms. The number of imide groups is 1. The van der Waals surface area contributed by atoms with E-state index in [-0.39, 0.29) is 57.1 Å². The maximum Gasteiger partial charge on any atom is 0.409 e. The van der Waals surface area contributed by atoms with Crippen LogP contribution in [0.4, 0.5) is 18.0 Å². The van der Waals surface area contributed by atoms with E-state index in [2.05, 4.69) is 5.32 Å². The summed E-state index contributed by atoms with van der Waals surface area (Å²) in [7, 11) is 0. The van der Waals surface area contributed by atoms with E-state index < -0.39 is 71.6 Å². The lowest BCUT2D eigenvalue weighted by molar-refractivity contribution is -0.155. The lowest BCUT2D eigenvalue weighted by atomic mass is 9.84. The van der Waals surface area contributed by atoms with Crippen LogP contribution < -0.4 is 5.32 Å². The molecule has 15 heteroatoms. The van der Waals surface area contributed by atoms with E-state index in [0.29, 0.717) is 5.82 Å². The standard InChI is InChI=1S/C34H33F3N6O6/c35-21-6-7-24(36)22(12-21)26-18-40(14-19-4-2-1-3-5-19)32(39-26)30(43-17-23-25(37)13-38-29(23)31(46)33(43)47)20-15-41(16-20)34(48)49-11-10-42-27(44)8-9-28(42)45/h1-9,12,18,20,23,25,29-31,38,46H,10-11,13-17H2/t23?,25?,29?,30?,31-/m0/s1. The minimum absolute atomic E-state index is 0.0163. The summed E-state index contributed by atoms with van der Waals surface area (Å²) in [4.78, 5) is 58.9. The van der Waals surface area contributed by atoms with E-state index >= 15 is 8.78 Å². The Kier molecular flexibility index (Phi) is 8.71. The van der Waals surface area contributed by atoms with Gasteiger partial charge in [0.25, 0.3) is 17.7 Å². The number of nitrogens with zero attached hydrogens (tertiary/aromatic N) is 5. The molecule has 2 aromatic carbocycles. The van der Waals surface area contributed by atoms with Gasteiger partial charge in [0.1, 0.15) is 36.3 Å². The number of amides is 4. The lowest BCUT2D eigenvalue weighted by Gasteiger charge is -2.49. The summed E-state index contributed by atoms with van der Waals surface area (Å²) in [5.41, 5.74) is 0.867. The van der Waals surface area contributed by atoms with E-state index in [1.165, 1.54) is 9.80 Å². The lowest BCUT2D eigenvalue weighted by Crippen LogP contribution is -2.63. The molecule has 0 spiro atoms. The molecule has 4 unspecified atom stereocenters. The SMILES string of the molecule is O=C(OCCN1C(=O)C=CC1=O)N1CC(C(c2nc(-c3cc(F)ccc3F)cn2Cc2ccccc2)N2CC3C(F)CNC3[C@H](O)C2=O)C1. The number of imidazole rings is 1. The zero-order chi connectivity index (χ0) is 34.4. The number of aromatic nitrogens is 2. The van der Waals surface area contributed by atoms with Crippen molar-refractivity contribution in [2.75, 3.05) is 39.3 Å². The molecule has 256 valence electrons. The molecule has 49 heavy (non-hydrogen) atoms. The number of ether oxygens (including phenoxy) is 1. The maximum atomic E-state index is 15.1. The van der Waals surface area contributed by atoms with Crippen LogP contribution in [0.15, 0.2) is 66.9 Å². The second-order valence-corrected chi connectivity index (χ2v) is 12.7. The molecule has 1 aromatic heterocycles. The summed E-state index contributed by atoms with van der Waals surface area (Å²) in [5.74, 6) is -3.91. The maximum absolute atomic E-state index is 15.1. The molecule has 0 saturated carbocycles. The minimum Gasteiger partial charge on any atom is -0.448 e. The summed E-state index contributed by atoms with van der Waals surface area (Å²) in [6.45, 7) is -0.00180. The molecule has 5 atom stereocenters. The van der Waals surface area contributed by atoms with Gasteiger partial charge in [0.05, 0.1) is 18.3 Å². The molecule has 4 aliphatic heterocycles. The Bertz CT molecular complexity index is 1800. The number of likely N-dealkylation sites (tertiary alicyclic amines) is 2. The molecule has 0 radical (unpaired) electrons. The third kappa shape index (κ3) is 6.19. The molecular formula is C34H33F3N6O6. The van der Waals surface area contributed by atoms with E-state index in [1.807, 2.05) is 30.3 Å². The highest BCUT2D eigenvalue weighted by molar-refractivity contribution is 6.12. The molecule has 3 saturated heterocycles. The number of benzene rings is 2. The van der Waals surface area contributed by atoms with Gasteiger partial charge in [-0.3, -0.25) is 19.3 Å². The normalized spacial score (nSPS) is 24.4. The molecular weight excluding hydrogens is 645 g/mol. The number of hydrogen-bond donors (Lipinski definition) is 2. The highest BCUT2D eigenvalue weighted by Crippen LogP contribution is 2.41. The fourth-order valence-electron chi connectivity index (χ4n) is 7.07. The first-order chi connectivity index (χ1) is 23.6. The number of alkyl halides is 1. The highest BCUT2D eigenvalue weighted by Gasteiger charge is 2.53. The van der Waals surface area contributed by atoms with E-state index in [1.54, 1.807) is 10.8 Å². The van der Waals surface area contributed by atoms with Crippen molar-refractivity contribution >= 4 is 23.8 Å². The summed E-state index contributed by atoms with van der Waals surface area (Å²) in [6, 6.07) is 10.6. The number of hydrogen-bond acceptors (Lipinski definition) is 8. The number of nitrogens with one attached hydrogen (secondary N) is 1. The van der Waals surface area contributed by atoms with Crippen molar-refractivity contribution in [2.24, 2.45) is 11.8 Å². The van der Waals surface area contributed by atoms with Crippen molar-refractivity contribution in [3.63, 3.8) is 0 Å². The van der Waals surface area contributed by atoms with Gasteiger partial charge in [-0.15, -0.1) is 0 Å². The summed E-state index contributed by atoms with van der Waals surface area (Å²) >= 11 is 0. The fraction of sp³-hybridized carbons (Fsp3) is 0.382. The Morgan fingerprint density at radius 2 is 1.78 bits per heavy atom. The Morgan fingerprint density at radius 3 is 2.51 bits per heavy atom. The average molecular weight is 679 g/mol. The molecule has 2 N–H and O–H groups in total. The van der Waals surface area contributed by atoms with Gasteiger partial charge in [-0.25, -0.2) is 22.9 Å². The predicted molar refractivity (Wildman–Crippen MR) is 166 cm³/mol. The molecule has 3 aromatic rings. The van der Waals surface area contributed by atoms with Gasteiger partial charge in [-0.1, -0.05) is 30.3 Å². The number of piperidine rings is 1. The number of aliphatic hydroxyl groups excluding tert-OH is 1. The van der Waals surface area contributed by atoms with Gasteiger partial charge in [0.2, 0.25) is 0 Å². The van der Waals surface area contributed by atoms with E-state index in [4.69, 9.17) is 9.72 Å². The Morgan fingerprint density at radius 1 is 1.04 bits per heavy atom. The summed E-state index contributed by atoms with van der Waals surface area (Å²) < 4.78 is 51.5. The summed E-state index contributed by atoms with van der Waals surface area (Å²) in [5, 5.41) is 13.9. The van der Waals surface area contributed by atoms with Crippen molar-refractivity contribution in [3.05, 3.63) is 89.9 Å². The van der Waals surface area contributed by atoms with Gasteiger partial charge in [-0.05, 0) is 23.8 Å². The fourth-order valence-corrected chi connectivity index (χ4v) is 7.07. The second kappa shape index (κ2) is 13.1. The van der Waals surface area contributed by atoms with Crippen LogP contribution in [0.2, 0.25) is 0 Å². The van der Waals surface area contributed by atoms with E-state index in [0.717, 1.165) is 40.8 Å². The Balaban J connectivity index is 1.20. The number of carbonyl (C=O) groups excluding carboxylic acids is 4. The van der Waals surface area contributed by atoms with Crippen molar-refractivity contribution < 1.29 is 42.2 Å². The summed E-state index contributed by atoms with van der Waals surface area (Å²) in [6.07, 6.45) is 0.268. The van der Waals surface area contributed by atoms with Crippen LogP contribution >= 0.6 is 0 Å². The van der Waals surface area contributed by atoms with Crippen LogP contribution in [-0.4, -0.2) is 111 Å². The third-order valence-corrected chi connectivity index (χ3v) is 9.62. The first-order valence-corrected chi connectivity index (χ1v) is 16.0. The second-order valence-electron chi connectivity index (χ2n) is 12.7. The van der Waals surface area contributed by atoms with Crippen LogP contribution in [0, 0.1) is 23.5 Å². The molecule has 4 aliphatic rings. The molecule has 3 fully saturated rings.